The lowest BCUT2D eigenvalue weighted by Gasteiger charge is -2.12. The molecule has 0 aliphatic carbocycles. The Morgan fingerprint density at radius 2 is 1.91 bits per heavy atom. The van der Waals surface area contributed by atoms with Crippen LogP contribution in [0.25, 0.3) is 11.3 Å². The van der Waals surface area contributed by atoms with Gasteiger partial charge < -0.3 is 15.0 Å². The van der Waals surface area contributed by atoms with Gasteiger partial charge in [-0.1, -0.05) is 0 Å². The van der Waals surface area contributed by atoms with Gasteiger partial charge in [-0.15, -0.1) is 0 Å². The fourth-order valence-electron chi connectivity index (χ4n) is 3.01. The van der Waals surface area contributed by atoms with E-state index >= 15 is 0 Å². The lowest BCUT2D eigenvalue weighted by Crippen LogP contribution is -2.15. The second-order valence-electron chi connectivity index (χ2n) is 7.77. The summed E-state index contributed by atoms with van der Waals surface area (Å²) in [7, 11) is 0.506. The Hall–Kier alpha value is -2.98. The van der Waals surface area contributed by atoms with Gasteiger partial charge in [-0.3, -0.25) is 4.68 Å². The van der Waals surface area contributed by atoms with E-state index in [1.165, 1.54) is 0 Å². The Balaban J connectivity index is 1.68. The van der Waals surface area contributed by atoms with E-state index in [2.05, 4.69) is 25.3 Å². The number of anilines is 1. The molecule has 0 fully saturated rings. The fraction of sp³-hybridized carbons (Fsp3) is 0.409. The monoisotopic (exact) mass is 458 g/mol. The van der Waals surface area contributed by atoms with Gasteiger partial charge in [0, 0.05) is 49.9 Å². The highest BCUT2D eigenvalue weighted by atomic mass is 32.2. The molecule has 0 atom stereocenters. The maximum atomic E-state index is 12.1. The van der Waals surface area contributed by atoms with Gasteiger partial charge in [-0.2, -0.15) is 5.10 Å². The van der Waals surface area contributed by atoms with Crippen molar-refractivity contribution in [2.45, 2.75) is 24.5 Å². The summed E-state index contributed by atoms with van der Waals surface area (Å²) >= 11 is 0. The first-order valence-corrected chi connectivity index (χ1v) is 12.4. The third kappa shape index (κ3) is 7.31. The number of rotatable bonds is 12. The average Bonchev–Trinajstić information content (AvgIpc) is 3.27. The molecule has 0 aliphatic heterocycles. The van der Waals surface area contributed by atoms with Crippen LogP contribution >= 0.6 is 0 Å². The molecular weight excluding hydrogens is 428 g/mol. The van der Waals surface area contributed by atoms with Crippen molar-refractivity contribution in [3.8, 4) is 17.0 Å². The molecule has 0 unspecified atom stereocenters. The van der Waals surface area contributed by atoms with Gasteiger partial charge in [0.15, 0.2) is 0 Å². The highest BCUT2D eigenvalue weighted by molar-refractivity contribution is 7.90. The van der Waals surface area contributed by atoms with E-state index in [9.17, 15) is 8.42 Å². The van der Waals surface area contributed by atoms with E-state index in [-0.39, 0.29) is 5.16 Å². The second-order valence-corrected chi connectivity index (χ2v) is 9.68. The number of aromatic nitrogens is 4. The Morgan fingerprint density at radius 1 is 1.12 bits per heavy atom. The Kier molecular flexibility index (Phi) is 8.18. The number of nitrogens with one attached hydrogen (secondary N) is 1. The molecule has 0 amide bonds. The minimum Gasteiger partial charge on any atom is -0.494 e. The summed E-state index contributed by atoms with van der Waals surface area (Å²) in [5.74, 6) is 1.24. The largest absolute Gasteiger partial charge is 0.494 e. The van der Waals surface area contributed by atoms with Crippen LogP contribution in [-0.2, 0) is 16.4 Å². The van der Waals surface area contributed by atoms with Crippen LogP contribution in [-0.4, -0.2) is 73.1 Å². The van der Waals surface area contributed by atoms with E-state index in [1.54, 1.807) is 12.3 Å². The van der Waals surface area contributed by atoms with Crippen molar-refractivity contribution < 1.29 is 13.2 Å². The summed E-state index contributed by atoms with van der Waals surface area (Å²) < 4.78 is 31.8. The molecule has 10 heteroatoms. The van der Waals surface area contributed by atoms with Gasteiger partial charge in [0.2, 0.25) is 15.0 Å². The standard InChI is InChI=1S/C22H30N6O3S/c1-27(2)13-6-16-31-19-9-7-18(8-10-19)20-17-21(26-22(25-20)32(3,29)30)23-11-4-14-28-15-5-12-24-28/h5,7-10,12,15,17H,4,6,11,13-14,16H2,1-3H3,(H,23,25,26). The SMILES string of the molecule is CN(C)CCCOc1ccc(-c2cc(NCCCn3cccn3)nc(S(C)(=O)=O)n2)cc1. The molecule has 0 saturated carbocycles. The molecule has 3 rings (SSSR count). The number of hydrogen-bond acceptors (Lipinski definition) is 8. The van der Waals surface area contributed by atoms with Crippen LogP contribution < -0.4 is 10.1 Å². The molecule has 0 saturated heterocycles. The zero-order valence-electron chi connectivity index (χ0n) is 18.7. The number of nitrogens with zero attached hydrogens (tertiary/aromatic N) is 5. The number of ether oxygens (including phenoxy) is 1. The van der Waals surface area contributed by atoms with Gasteiger partial charge in [0.05, 0.1) is 12.3 Å². The maximum Gasteiger partial charge on any atom is 0.249 e. The maximum absolute atomic E-state index is 12.1. The molecule has 0 spiro atoms. The highest BCUT2D eigenvalue weighted by Gasteiger charge is 2.15. The third-order valence-corrected chi connectivity index (χ3v) is 5.48. The van der Waals surface area contributed by atoms with Crippen LogP contribution in [0.4, 0.5) is 5.82 Å². The van der Waals surface area contributed by atoms with Gasteiger partial charge in [0.1, 0.15) is 11.6 Å². The fourth-order valence-corrected chi connectivity index (χ4v) is 3.54. The molecule has 2 aromatic heterocycles. The van der Waals surface area contributed by atoms with Gasteiger partial charge >= 0.3 is 0 Å². The number of benzene rings is 1. The predicted octanol–water partition coefficient (Wildman–Crippen LogP) is 2.58. The second kappa shape index (κ2) is 11.1. The molecule has 1 aromatic carbocycles. The number of aryl methyl sites for hydroxylation is 1. The molecule has 0 aliphatic rings. The minimum absolute atomic E-state index is 0.200. The van der Waals surface area contributed by atoms with Crippen molar-refractivity contribution in [3.63, 3.8) is 0 Å². The van der Waals surface area contributed by atoms with Crippen molar-refractivity contribution in [2.75, 3.05) is 45.4 Å². The predicted molar refractivity (Wildman–Crippen MR) is 125 cm³/mol. The normalized spacial score (nSPS) is 11.6. The summed E-state index contributed by atoms with van der Waals surface area (Å²) in [4.78, 5) is 10.6. The molecule has 0 bridgehead atoms. The lowest BCUT2D eigenvalue weighted by molar-refractivity contribution is 0.281. The van der Waals surface area contributed by atoms with Crippen LogP contribution in [0, 0.1) is 0 Å². The molecule has 9 nitrogen and oxygen atoms in total. The smallest absolute Gasteiger partial charge is 0.249 e. The van der Waals surface area contributed by atoms with E-state index in [0.29, 0.717) is 24.7 Å². The summed E-state index contributed by atoms with van der Waals surface area (Å²) in [6, 6.07) is 11.1. The number of hydrogen-bond donors (Lipinski definition) is 1. The molecule has 0 radical (unpaired) electrons. The van der Waals surface area contributed by atoms with Crippen molar-refractivity contribution in [1.82, 2.24) is 24.6 Å². The van der Waals surface area contributed by atoms with E-state index in [0.717, 1.165) is 43.5 Å². The van der Waals surface area contributed by atoms with Crippen LogP contribution in [0.1, 0.15) is 12.8 Å². The zero-order chi connectivity index (χ0) is 23.0. The van der Waals surface area contributed by atoms with Crippen molar-refractivity contribution in [1.29, 1.82) is 0 Å². The van der Waals surface area contributed by atoms with Crippen LogP contribution in [0.5, 0.6) is 5.75 Å². The lowest BCUT2D eigenvalue weighted by atomic mass is 10.1. The quantitative estimate of drug-likeness (QED) is 0.326. The average molecular weight is 459 g/mol. The van der Waals surface area contributed by atoms with Crippen LogP contribution in [0.15, 0.2) is 53.9 Å². The molecule has 2 heterocycles. The first-order chi connectivity index (χ1) is 15.3. The molecule has 32 heavy (non-hydrogen) atoms. The molecular formula is C22H30N6O3S. The summed E-state index contributed by atoms with van der Waals surface area (Å²) in [6.45, 7) is 2.98. The summed E-state index contributed by atoms with van der Waals surface area (Å²) in [5.41, 5.74) is 1.33. The third-order valence-electron chi connectivity index (χ3n) is 4.64. The van der Waals surface area contributed by atoms with Crippen LogP contribution in [0.2, 0.25) is 0 Å². The topological polar surface area (TPSA) is 102 Å². The van der Waals surface area contributed by atoms with E-state index in [1.807, 2.05) is 55.3 Å². The molecule has 1 N–H and O–H groups in total. The van der Waals surface area contributed by atoms with Crippen LogP contribution in [0.3, 0.4) is 0 Å². The highest BCUT2D eigenvalue weighted by Crippen LogP contribution is 2.24. The first-order valence-electron chi connectivity index (χ1n) is 10.5. The van der Waals surface area contributed by atoms with Gasteiger partial charge in [-0.05, 0) is 57.3 Å². The summed E-state index contributed by atoms with van der Waals surface area (Å²) in [6.07, 6.45) is 6.50. The Labute approximate surface area is 189 Å². The van der Waals surface area contributed by atoms with Gasteiger partial charge in [0.25, 0.3) is 0 Å². The minimum atomic E-state index is -3.56. The van der Waals surface area contributed by atoms with Crippen molar-refractivity contribution >= 4 is 15.7 Å². The van der Waals surface area contributed by atoms with Crippen molar-refractivity contribution in [2.24, 2.45) is 0 Å². The van der Waals surface area contributed by atoms with Gasteiger partial charge in [-0.25, -0.2) is 18.4 Å². The first kappa shape index (κ1) is 23.7. The van der Waals surface area contributed by atoms with Crippen molar-refractivity contribution in [3.05, 3.63) is 48.8 Å². The number of sulfone groups is 1. The summed E-state index contributed by atoms with van der Waals surface area (Å²) in [5, 5.41) is 7.17. The Morgan fingerprint density at radius 3 is 2.56 bits per heavy atom. The zero-order valence-corrected chi connectivity index (χ0v) is 19.5. The molecule has 172 valence electrons. The van der Waals surface area contributed by atoms with E-state index < -0.39 is 9.84 Å². The molecule has 3 aromatic rings. The van der Waals surface area contributed by atoms with E-state index in [4.69, 9.17) is 4.74 Å². The Bertz CT molecular complexity index is 1080.